The summed E-state index contributed by atoms with van der Waals surface area (Å²) in [6.07, 6.45) is 8.63. The van der Waals surface area contributed by atoms with E-state index in [4.69, 9.17) is 0 Å². The summed E-state index contributed by atoms with van der Waals surface area (Å²) >= 11 is 0. The zero-order chi connectivity index (χ0) is 12.1. The molecule has 0 saturated carbocycles. The molecule has 0 heterocycles. The maximum atomic E-state index is 2.43. The first-order chi connectivity index (χ1) is 8.35. The Hall–Kier alpha value is -1.30. The van der Waals surface area contributed by atoms with Gasteiger partial charge in [-0.3, -0.25) is 0 Å². The molecule has 0 fully saturated rings. The van der Waals surface area contributed by atoms with Gasteiger partial charge in [0, 0.05) is 0 Å². The molecular formula is C17H22. The first-order valence-corrected chi connectivity index (χ1v) is 6.82. The van der Waals surface area contributed by atoms with E-state index < -0.39 is 0 Å². The van der Waals surface area contributed by atoms with Crippen molar-refractivity contribution in [2.45, 2.75) is 46.0 Å². The number of benzene rings is 1. The van der Waals surface area contributed by atoms with Crippen molar-refractivity contribution in [3.8, 4) is 0 Å². The Balaban J connectivity index is 2.18. The van der Waals surface area contributed by atoms with Crippen molar-refractivity contribution in [3.63, 3.8) is 0 Å². The Labute approximate surface area is 105 Å². The maximum Gasteiger partial charge on any atom is -0.00552 e. The second kappa shape index (κ2) is 5.86. The zero-order valence-corrected chi connectivity index (χ0v) is 11.0. The van der Waals surface area contributed by atoms with Crippen LogP contribution in [0.25, 0.3) is 5.57 Å². The van der Waals surface area contributed by atoms with E-state index in [-0.39, 0.29) is 0 Å². The van der Waals surface area contributed by atoms with Crippen LogP contribution in [-0.4, -0.2) is 0 Å². The molecule has 1 aromatic rings. The Morgan fingerprint density at radius 2 is 1.65 bits per heavy atom. The van der Waals surface area contributed by atoms with Gasteiger partial charge in [0.15, 0.2) is 0 Å². The van der Waals surface area contributed by atoms with E-state index in [0.29, 0.717) is 0 Å². The van der Waals surface area contributed by atoms with E-state index in [9.17, 15) is 0 Å². The van der Waals surface area contributed by atoms with Crippen LogP contribution in [0, 0.1) is 0 Å². The molecule has 0 bridgehead atoms. The van der Waals surface area contributed by atoms with Crippen LogP contribution in [0.1, 0.15) is 51.5 Å². The molecule has 0 nitrogen and oxygen atoms in total. The lowest BCUT2D eigenvalue weighted by Gasteiger charge is -2.05. The first-order valence-electron chi connectivity index (χ1n) is 6.82. The van der Waals surface area contributed by atoms with Gasteiger partial charge in [-0.25, -0.2) is 0 Å². The molecule has 0 aromatic heterocycles. The normalized spacial score (nSPS) is 15.3. The fraction of sp³-hybridized carbons (Fsp3) is 0.412. The predicted molar refractivity (Wildman–Crippen MR) is 75.9 cm³/mol. The minimum Gasteiger partial charge on any atom is -0.0651 e. The second-order valence-corrected chi connectivity index (χ2v) is 4.84. The largest absolute Gasteiger partial charge is 0.0651 e. The van der Waals surface area contributed by atoms with Gasteiger partial charge in [0.25, 0.3) is 0 Å². The lowest BCUT2D eigenvalue weighted by Crippen LogP contribution is -1.85. The molecule has 0 spiro atoms. The van der Waals surface area contributed by atoms with Gasteiger partial charge in [0.2, 0.25) is 0 Å². The average molecular weight is 226 g/mol. The Kier molecular flexibility index (Phi) is 4.19. The molecule has 0 aliphatic heterocycles. The maximum absolute atomic E-state index is 2.43. The standard InChI is InChI=1S/C17H22/c1-3-8-15-12-17(13-16(15)9-4-2)14-10-6-5-7-11-14/h5-7,10-12H,3-4,8-9,13H2,1-2H3. The molecule has 0 radical (unpaired) electrons. The van der Waals surface area contributed by atoms with Crippen molar-refractivity contribution in [1.29, 1.82) is 0 Å². The molecule has 0 heteroatoms. The van der Waals surface area contributed by atoms with Crippen molar-refractivity contribution in [1.82, 2.24) is 0 Å². The number of hydrogen-bond donors (Lipinski definition) is 0. The summed E-state index contributed by atoms with van der Waals surface area (Å²) in [7, 11) is 0. The Morgan fingerprint density at radius 3 is 2.29 bits per heavy atom. The summed E-state index contributed by atoms with van der Waals surface area (Å²) < 4.78 is 0. The zero-order valence-electron chi connectivity index (χ0n) is 11.0. The third kappa shape index (κ3) is 2.88. The van der Waals surface area contributed by atoms with Crippen LogP contribution in [0.15, 0.2) is 47.6 Å². The van der Waals surface area contributed by atoms with Crippen LogP contribution in [0.2, 0.25) is 0 Å². The fourth-order valence-electron chi connectivity index (χ4n) is 2.61. The summed E-state index contributed by atoms with van der Waals surface area (Å²) in [4.78, 5) is 0. The van der Waals surface area contributed by atoms with Gasteiger partial charge in [-0.2, -0.15) is 0 Å². The van der Waals surface area contributed by atoms with Gasteiger partial charge in [0.1, 0.15) is 0 Å². The number of rotatable bonds is 5. The van der Waals surface area contributed by atoms with Crippen molar-refractivity contribution in [2.75, 3.05) is 0 Å². The highest BCUT2D eigenvalue weighted by molar-refractivity contribution is 5.74. The SMILES string of the molecule is CCCC1=C(CCC)CC(c2ccccc2)=C1. The highest BCUT2D eigenvalue weighted by Gasteiger charge is 2.15. The fourth-order valence-corrected chi connectivity index (χ4v) is 2.61. The van der Waals surface area contributed by atoms with E-state index in [2.05, 4.69) is 50.3 Å². The predicted octanol–water partition coefficient (Wildman–Crippen LogP) is 5.37. The van der Waals surface area contributed by atoms with Crippen LogP contribution in [0.4, 0.5) is 0 Å². The summed E-state index contributed by atoms with van der Waals surface area (Å²) in [6.45, 7) is 4.54. The second-order valence-electron chi connectivity index (χ2n) is 4.84. The van der Waals surface area contributed by atoms with Gasteiger partial charge in [-0.1, -0.05) is 68.7 Å². The smallest absolute Gasteiger partial charge is 0.00552 e. The molecule has 0 unspecified atom stereocenters. The van der Waals surface area contributed by atoms with E-state index in [1.54, 1.807) is 11.1 Å². The monoisotopic (exact) mass is 226 g/mol. The van der Waals surface area contributed by atoms with Crippen LogP contribution in [0.5, 0.6) is 0 Å². The third-order valence-electron chi connectivity index (χ3n) is 3.42. The Morgan fingerprint density at radius 1 is 0.941 bits per heavy atom. The van der Waals surface area contributed by atoms with E-state index in [0.717, 1.165) is 0 Å². The quantitative estimate of drug-likeness (QED) is 0.633. The minimum atomic E-state index is 1.17. The molecule has 17 heavy (non-hydrogen) atoms. The van der Waals surface area contributed by atoms with Crippen molar-refractivity contribution in [2.24, 2.45) is 0 Å². The summed E-state index contributed by atoms with van der Waals surface area (Å²) in [5, 5.41) is 0. The molecule has 1 aliphatic rings. The molecule has 0 amide bonds. The lowest BCUT2D eigenvalue weighted by atomic mass is 10.00. The molecular weight excluding hydrogens is 204 g/mol. The van der Waals surface area contributed by atoms with Crippen LogP contribution in [-0.2, 0) is 0 Å². The highest BCUT2D eigenvalue weighted by Crippen LogP contribution is 2.36. The molecule has 90 valence electrons. The van der Waals surface area contributed by atoms with Crippen LogP contribution >= 0.6 is 0 Å². The highest BCUT2D eigenvalue weighted by atomic mass is 14.2. The van der Waals surface area contributed by atoms with Crippen molar-refractivity contribution >= 4 is 5.57 Å². The van der Waals surface area contributed by atoms with E-state index in [1.165, 1.54) is 43.2 Å². The minimum absolute atomic E-state index is 1.17. The Bertz CT molecular complexity index is 421. The van der Waals surface area contributed by atoms with E-state index >= 15 is 0 Å². The van der Waals surface area contributed by atoms with Crippen LogP contribution < -0.4 is 0 Å². The van der Waals surface area contributed by atoms with Crippen molar-refractivity contribution < 1.29 is 0 Å². The molecule has 0 N–H and O–H groups in total. The molecule has 2 rings (SSSR count). The van der Waals surface area contributed by atoms with Gasteiger partial charge < -0.3 is 0 Å². The molecule has 1 aliphatic carbocycles. The topological polar surface area (TPSA) is 0 Å². The third-order valence-corrected chi connectivity index (χ3v) is 3.42. The molecule has 0 saturated heterocycles. The average Bonchev–Trinajstić information content (AvgIpc) is 2.75. The van der Waals surface area contributed by atoms with Crippen molar-refractivity contribution in [3.05, 3.63) is 53.1 Å². The molecule has 0 atom stereocenters. The number of allylic oxidation sites excluding steroid dienone is 4. The summed E-state index contributed by atoms with van der Waals surface area (Å²) in [5.74, 6) is 0. The van der Waals surface area contributed by atoms with Gasteiger partial charge in [-0.05, 0) is 36.0 Å². The van der Waals surface area contributed by atoms with Gasteiger partial charge in [-0.15, -0.1) is 0 Å². The summed E-state index contributed by atoms with van der Waals surface area (Å²) in [6, 6.07) is 10.8. The van der Waals surface area contributed by atoms with E-state index in [1.807, 2.05) is 0 Å². The summed E-state index contributed by atoms with van der Waals surface area (Å²) in [5.41, 5.74) is 6.19. The number of hydrogen-bond acceptors (Lipinski definition) is 0. The first kappa shape index (κ1) is 12.2. The molecule has 1 aromatic carbocycles. The van der Waals surface area contributed by atoms with Gasteiger partial charge in [0.05, 0.1) is 0 Å². The van der Waals surface area contributed by atoms with Crippen LogP contribution in [0.3, 0.4) is 0 Å². The lowest BCUT2D eigenvalue weighted by molar-refractivity contribution is 0.848. The van der Waals surface area contributed by atoms with Gasteiger partial charge >= 0.3 is 0 Å².